The van der Waals surface area contributed by atoms with Crippen LogP contribution >= 0.6 is 0 Å². The van der Waals surface area contributed by atoms with Crippen LogP contribution in [0.2, 0.25) is 0 Å². The van der Waals surface area contributed by atoms with E-state index in [0.29, 0.717) is 12.5 Å². The number of likely N-dealkylation sites (tertiary alicyclic amines) is 1. The van der Waals surface area contributed by atoms with Gasteiger partial charge in [0.25, 0.3) is 5.91 Å². The molecule has 2 heterocycles. The molecule has 0 bridgehead atoms. The highest BCUT2D eigenvalue weighted by Gasteiger charge is 2.23. The van der Waals surface area contributed by atoms with Crippen LogP contribution in [0.15, 0.2) is 42.6 Å². The molecule has 0 saturated carbocycles. The van der Waals surface area contributed by atoms with E-state index in [1.54, 1.807) is 6.20 Å². The molecule has 1 N–H and O–H groups in total. The van der Waals surface area contributed by atoms with Gasteiger partial charge >= 0.3 is 0 Å². The molecule has 0 spiro atoms. The molecule has 1 aliphatic rings. The first kappa shape index (κ1) is 18.4. The first-order valence-corrected chi connectivity index (χ1v) is 9.24. The standard InChI is InChI=1S/C21H27N3O2/c1-16-6-7-20(14-23-16)26-15-18-4-3-5-19(12-18)21(25)24-10-8-17(9-11-24)13-22-2/h3-7,12,14,17,22H,8-11,13,15H2,1-2H3. The Kier molecular flexibility index (Phi) is 6.23. The van der Waals surface area contributed by atoms with E-state index in [1.807, 2.05) is 55.3 Å². The molecule has 1 aromatic carbocycles. The fraction of sp³-hybridized carbons (Fsp3) is 0.429. The average Bonchev–Trinajstić information content (AvgIpc) is 2.68. The highest BCUT2D eigenvalue weighted by molar-refractivity contribution is 5.94. The number of benzene rings is 1. The molecule has 0 radical (unpaired) electrons. The second-order valence-corrected chi connectivity index (χ2v) is 6.92. The Morgan fingerprint density at radius 2 is 2.08 bits per heavy atom. The molecule has 0 atom stereocenters. The van der Waals surface area contributed by atoms with Crippen LogP contribution in [0.3, 0.4) is 0 Å². The summed E-state index contributed by atoms with van der Waals surface area (Å²) in [6.45, 7) is 5.07. The number of hydrogen-bond donors (Lipinski definition) is 1. The minimum absolute atomic E-state index is 0.117. The maximum Gasteiger partial charge on any atom is 0.253 e. The summed E-state index contributed by atoms with van der Waals surface area (Å²) in [6, 6.07) is 11.6. The molecule has 138 valence electrons. The number of ether oxygens (including phenoxy) is 1. The van der Waals surface area contributed by atoms with Gasteiger partial charge in [-0.15, -0.1) is 0 Å². The molecule has 1 fully saturated rings. The van der Waals surface area contributed by atoms with E-state index in [0.717, 1.165) is 55.0 Å². The molecule has 0 aliphatic carbocycles. The number of aryl methyl sites for hydroxylation is 1. The van der Waals surface area contributed by atoms with Gasteiger partial charge < -0.3 is 15.0 Å². The highest BCUT2D eigenvalue weighted by Crippen LogP contribution is 2.19. The minimum Gasteiger partial charge on any atom is -0.487 e. The summed E-state index contributed by atoms with van der Waals surface area (Å²) in [5, 5.41) is 3.23. The van der Waals surface area contributed by atoms with Crippen LogP contribution in [0.5, 0.6) is 5.75 Å². The fourth-order valence-electron chi connectivity index (χ4n) is 3.31. The van der Waals surface area contributed by atoms with E-state index in [2.05, 4.69) is 10.3 Å². The molecule has 1 saturated heterocycles. The lowest BCUT2D eigenvalue weighted by atomic mass is 9.96. The molecule has 5 heteroatoms. The second kappa shape index (κ2) is 8.81. The number of amides is 1. The molecule has 5 nitrogen and oxygen atoms in total. The van der Waals surface area contributed by atoms with Gasteiger partial charge in [-0.25, -0.2) is 0 Å². The van der Waals surface area contributed by atoms with Gasteiger partial charge in [-0.3, -0.25) is 9.78 Å². The largest absolute Gasteiger partial charge is 0.487 e. The minimum atomic E-state index is 0.117. The SMILES string of the molecule is CNCC1CCN(C(=O)c2cccc(COc3ccc(C)nc3)c2)CC1. The van der Waals surface area contributed by atoms with E-state index in [4.69, 9.17) is 4.74 Å². The molecular formula is C21H27N3O2. The Balaban J connectivity index is 1.58. The number of rotatable bonds is 6. The van der Waals surface area contributed by atoms with Crippen molar-refractivity contribution in [1.29, 1.82) is 0 Å². The lowest BCUT2D eigenvalue weighted by Gasteiger charge is -2.32. The van der Waals surface area contributed by atoms with E-state index in [-0.39, 0.29) is 5.91 Å². The van der Waals surface area contributed by atoms with Gasteiger partial charge in [-0.2, -0.15) is 0 Å². The zero-order chi connectivity index (χ0) is 18.4. The predicted octanol–water partition coefficient (Wildman–Crippen LogP) is 3.04. The normalized spacial score (nSPS) is 15.1. The average molecular weight is 353 g/mol. The predicted molar refractivity (Wildman–Crippen MR) is 102 cm³/mol. The second-order valence-electron chi connectivity index (χ2n) is 6.92. The summed E-state index contributed by atoms with van der Waals surface area (Å²) in [7, 11) is 1.98. The molecule has 26 heavy (non-hydrogen) atoms. The van der Waals surface area contributed by atoms with Crippen LogP contribution in [-0.2, 0) is 6.61 Å². The van der Waals surface area contributed by atoms with Gasteiger partial charge in [0.15, 0.2) is 0 Å². The third kappa shape index (κ3) is 4.82. The quantitative estimate of drug-likeness (QED) is 0.867. The number of aromatic nitrogens is 1. The van der Waals surface area contributed by atoms with E-state index >= 15 is 0 Å². The van der Waals surface area contributed by atoms with Crippen molar-refractivity contribution in [2.45, 2.75) is 26.4 Å². The monoisotopic (exact) mass is 353 g/mol. The number of carbonyl (C=O) groups excluding carboxylic acids is 1. The summed E-state index contributed by atoms with van der Waals surface area (Å²) in [5.41, 5.74) is 2.69. The van der Waals surface area contributed by atoms with Gasteiger partial charge in [0.1, 0.15) is 12.4 Å². The van der Waals surface area contributed by atoms with Gasteiger partial charge in [-0.05, 0) is 69.1 Å². The lowest BCUT2D eigenvalue weighted by Crippen LogP contribution is -2.40. The Hall–Kier alpha value is -2.40. The smallest absolute Gasteiger partial charge is 0.253 e. The highest BCUT2D eigenvalue weighted by atomic mass is 16.5. The molecule has 2 aromatic rings. The van der Waals surface area contributed by atoms with Crippen molar-refractivity contribution in [3.63, 3.8) is 0 Å². The van der Waals surface area contributed by atoms with Gasteiger partial charge in [-0.1, -0.05) is 12.1 Å². The number of nitrogens with one attached hydrogen (secondary N) is 1. The Morgan fingerprint density at radius 3 is 2.77 bits per heavy atom. The van der Waals surface area contributed by atoms with E-state index in [9.17, 15) is 4.79 Å². The molecule has 3 rings (SSSR count). The summed E-state index contributed by atoms with van der Waals surface area (Å²) in [5.74, 6) is 1.53. The summed E-state index contributed by atoms with van der Waals surface area (Å²) < 4.78 is 5.77. The fourth-order valence-corrected chi connectivity index (χ4v) is 3.31. The number of hydrogen-bond acceptors (Lipinski definition) is 4. The maximum absolute atomic E-state index is 12.8. The molecule has 1 amide bonds. The van der Waals surface area contributed by atoms with Crippen LogP contribution in [0.25, 0.3) is 0 Å². The van der Waals surface area contributed by atoms with Crippen LogP contribution in [0.1, 0.15) is 34.5 Å². The van der Waals surface area contributed by atoms with Crippen molar-refractivity contribution in [3.8, 4) is 5.75 Å². The van der Waals surface area contributed by atoms with Crippen molar-refractivity contribution in [2.75, 3.05) is 26.7 Å². The Morgan fingerprint density at radius 1 is 1.27 bits per heavy atom. The third-order valence-corrected chi connectivity index (χ3v) is 4.86. The summed E-state index contributed by atoms with van der Waals surface area (Å²) >= 11 is 0. The molecule has 0 unspecified atom stereocenters. The third-order valence-electron chi connectivity index (χ3n) is 4.86. The molecular weight excluding hydrogens is 326 g/mol. The molecule has 1 aromatic heterocycles. The lowest BCUT2D eigenvalue weighted by molar-refractivity contribution is 0.0690. The number of pyridine rings is 1. The van der Waals surface area contributed by atoms with Gasteiger partial charge in [0.2, 0.25) is 0 Å². The van der Waals surface area contributed by atoms with Crippen molar-refractivity contribution >= 4 is 5.91 Å². The van der Waals surface area contributed by atoms with E-state index in [1.165, 1.54) is 0 Å². The Labute approximate surface area is 155 Å². The zero-order valence-electron chi connectivity index (χ0n) is 15.6. The number of piperidine rings is 1. The first-order chi connectivity index (χ1) is 12.7. The van der Waals surface area contributed by atoms with E-state index < -0.39 is 0 Å². The molecule has 1 aliphatic heterocycles. The first-order valence-electron chi connectivity index (χ1n) is 9.24. The van der Waals surface area contributed by atoms with Crippen molar-refractivity contribution in [2.24, 2.45) is 5.92 Å². The topological polar surface area (TPSA) is 54.5 Å². The zero-order valence-corrected chi connectivity index (χ0v) is 15.6. The number of nitrogens with zero attached hydrogens (tertiary/aromatic N) is 2. The van der Waals surface area contributed by atoms with Crippen molar-refractivity contribution in [3.05, 3.63) is 59.4 Å². The van der Waals surface area contributed by atoms with Crippen molar-refractivity contribution < 1.29 is 9.53 Å². The number of carbonyl (C=O) groups is 1. The van der Waals surface area contributed by atoms with Gasteiger partial charge in [0, 0.05) is 24.3 Å². The summed E-state index contributed by atoms with van der Waals surface area (Å²) in [6.07, 6.45) is 3.85. The van der Waals surface area contributed by atoms with Crippen LogP contribution in [0.4, 0.5) is 0 Å². The summed E-state index contributed by atoms with van der Waals surface area (Å²) in [4.78, 5) is 19.0. The maximum atomic E-state index is 12.8. The Bertz CT molecular complexity index is 722. The van der Waals surface area contributed by atoms with Gasteiger partial charge in [0.05, 0.1) is 6.20 Å². The van der Waals surface area contributed by atoms with Crippen LogP contribution in [-0.4, -0.2) is 42.5 Å². The van der Waals surface area contributed by atoms with Crippen LogP contribution < -0.4 is 10.1 Å². The van der Waals surface area contributed by atoms with Crippen molar-refractivity contribution in [1.82, 2.24) is 15.2 Å². The van der Waals surface area contributed by atoms with Crippen LogP contribution in [0, 0.1) is 12.8 Å².